The standard InChI is InChI=1S/C52H81NO12/c1-31-17-13-12-14-18-32(2)44(61-9)29-40-22-20-37(7)52(60,65-40)49(57)50(58)53-24-16-15-19-41(53)51(59)64-45(35(5)27-39-21-23-42(54)46(28-39)62-10)30-43(55)34(4)26-36(6)47(56)48(63-11)38(8)33(3)25-31/h12-14,17-18,26,31,33-35,37,39-42,44-48,54,56,60H,8,15-16,19-25,27-30H2,1-7,9-11H3/b14-12+,17-13+,32-18+,36-26+/t31-,33-,34-,35-,37-,39+,40+,41+,42-,44+,45+,46-,47-,48+,52-/m1/s1/i4D3,20D2. The lowest BCUT2D eigenvalue weighted by Crippen LogP contribution is -2.61. The van der Waals surface area contributed by atoms with Crippen molar-refractivity contribution in [3.8, 4) is 0 Å². The lowest BCUT2D eigenvalue weighted by atomic mass is 9.78. The van der Waals surface area contributed by atoms with Crippen LogP contribution in [0, 0.1) is 35.5 Å². The quantitative estimate of drug-likeness (QED) is 0.139. The van der Waals surface area contributed by atoms with Gasteiger partial charge in [0.05, 0.1) is 24.4 Å². The molecule has 2 bridgehead atoms. The Kier molecular flexibility index (Phi) is 18.1. The third-order valence-corrected chi connectivity index (χ3v) is 14.1. The number of ether oxygens (including phenoxy) is 5. The number of esters is 1. The van der Waals surface area contributed by atoms with E-state index in [-0.39, 0.29) is 49.1 Å². The third kappa shape index (κ3) is 14.4. The average molecular weight is 917 g/mol. The smallest absolute Gasteiger partial charge is 0.329 e. The first-order valence-electron chi connectivity index (χ1n) is 26.0. The highest BCUT2D eigenvalue weighted by atomic mass is 16.6. The summed E-state index contributed by atoms with van der Waals surface area (Å²) in [7, 11) is 4.42. The van der Waals surface area contributed by atoms with Crippen LogP contribution in [0.15, 0.2) is 59.8 Å². The van der Waals surface area contributed by atoms with Crippen LogP contribution in [0.4, 0.5) is 0 Å². The summed E-state index contributed by atoms with van der Waals surface area (Å²) in [6.45, 7) is 11.7. The minimum atomic E-state index is -2.91. The van der Waals surface area contributed by atoms with Crippen LogP contribution in [-0.2, 0) is 42.9 Å². The molecule has 3 aliphatic heterocycles. The largest absolute Gasteiger partial charge is 0.460 e. The predicted octanol–water partition coefficient (Wildman–Crippen LogP) is 7.17. The lowest BCUT2D eigenvalue weighted by molar-refractivity contribution is -0.265. The van der Waals surface area contributed by atoms with Crippen LogP contribution >= 0.6 is 0 Å². The molecule has 366 valence electrons. The summed E-state index contributed by atoms with van der Waals surface area (Å²) in [5.74, 6) is -11.2. The summed E-state index contributed by atoms with van der Waals surface area (Å²) in [5.41, 5.74) is 1.50. The van der Waals surface area contributed by atoms with Gasteiger partial charge in [0.1, 0.15) is 30.1 Å². The van der Waals surface area contributed by atoms with E-state index >= 15 is 0 Å². The molecule has 0 aromatic carbocycles. The Labute approximate surface area is 395 Å². The number of amides is 1. The number of fused-ring (bicyclic) bond motifs is 3. The van der Waals surface area contributed by atoms with Gasteiger partial charge in [-0.2, -0.15) is 0 Å². The molecular formula is C52H81NO12. The SMILES string of the molecule is [2H]C([2H])([2H])[C@@H]1/C=C(\C)[C@@H](O)[C@@H](OC)C(=C)[C@H](C)C[C@H](C)/C=C/C=C/C=C(\C)[C@@H](OC)C[C@@H]2CC([2H])([2H])[C@@H](C)[C@@](O)(O2)C(=O)C(=O)N2CCCC[C@H]2C(=O)O[C@H]([C@H](C)C[C@@H]2CC[C@@H](O)[C@H](OC)C2)CC1=O. The number of methoxy groups -OCH3 is 3. The van der Waals surface area contributed by atoms with Crippen molar-refractivity contribution in [2.45, 2.75) is 180 Å². The van der Waals surface area contributed by atoms with Gasteiger partial charge in [-0.25, -0.2) is 4.79 Å². The molecule has 15 atom stereocenters. The second-order valence-electron chi connectivity index (χ2n) is 19.1. The molecule has 3 fully saturated rings. The van der Waals surface area contributed by atoms with Crippen molar-refractivity contribution >= 4 is 23.4 Å². The molecule has 0 radical (unpaired) electrons. The number of rotatable bonds is 6. The van der Waals surface area contributed by atoms with Gasteiger partial charge in [-0.3, -0.25) is 14.4 Å². The normalized spacial score (nSPS) is 42.5. The molecule has 1 aliphatic carbocycles. The van der Waals surface area contributed by atoms with Gasteiger partial charge in [-0.1, -0.05) is 77.6 Å². The molecule has 0 unspecified atom stereocenters. The van der Waals surface area contributed by atoms with E-state index in [1.54, 1.807) is 6.92 Å². The van der Waals surface area contributed by atoms with Crippen LogP contribution < -0.4 is 0 Å². The average Bonchev–Trinajstić information content (AvgIpc) is 3.30. The number of nitrogens with zero attached hydrogens (tertiary/aromatic N) is 1. The highest BCUT2D eigenvalue weighted by molar-refractivity contribution is 6.39. The Morgan fingerprint density at radius 2 is 1.69 bits per heavy atom. The summed E-state index contributed by atoms with van der Waals surface area (Å²) in [6, 6.07) is -1.35. The van der Waals surface area contributed by atoms with Gasteiger partial charge in [0.25, 0.3) is 11.7 Å². The fraction of sp³-hybridized carbons (Fsp3) is 0.731. The van der Waals surface area contributed by atoms with Crippen molar-refractivity contribution in [1.29, 1.82) is 0 Å². The highest BCUT2D eigenvalue weighted by Gasteiger charge is 2.53. The Morgan fingerprint density at radius 1 is 0.954 bits per heavy atom. The van der Waals surface area contributed by atoms with E-state index in [2.05, 4.69) is 6.58 Å². The van der Waals surface area contributed by atoms with Crippen LogP contribution in [0.1, 0.15) is 132 Å². The van der Waals surface area contributed by atoms with Crippen LogP contribution in [0.25, 0.3) is 0 Å². The summed E-state index contributed by atoms with van der Waals surface area (Å²) < 4.78 is 72.6. The molecule has 13 nitrogen and oxygen atoms in total. The van der Waals surface area contributed by atoms with Crippen molar-refractivity contribution in [1.82, 2.24) is 4.90 Å². The molecule has 2 saturated heterocycles. The molecule has 4 rings (SSSR count). The van der Waals surface area contributed by atoms with E-state index in [0.29, 0.717) is 50.5 Å². The van der Waals surface area contributed by atoms with Gasteiger partial charge in [0.2, 0.25) is 5.79 Å². The molecule has 4 aliphatic rings. The number of hydrogen-bond donors (Lipinski definition) is 3. The van der Waals surface area contributed by atoms with Gasteiger partial charge >= 0.3 is 5.97 Å². The van der Waals surface area contributed by atoms with Gasteiger partial charge in [-0.05, 0) is 118 Å². The van der Waals surface area contributed by atoms with Gasteiger partial charge < -0.3 is 43.9 Å². The number of Topliss-reactive ketones (excluding diaryl/α,β-unsaturated/α-hetero) is 2. The first-order valence-corrected chi connectivity index (χ1v) is 23.5. The molecule has 3 N–H and O–H groups in total. The van der Waals surface area contributed by atoms with Crippen LogP contribution in [0.2, 0.25) is 0 Å². The number of carbonyl (C=O) groups is 4. The van der Waals surface area contributed by atoms with Gasteiger partial charge in [-0.15, -0.1) is 0 Å². The second kappa shape index (κ2) is 25.2. The lowest BCUT2D eigenvalue weighted by Gasteiger charge is -2.42. The van der Waals surface area contributed by atoms with Crippen molar-refractivity contribution in [2.24, 2.45) is 35.5 Å². The number of allylic oxidation sites excluding steroid dienone is 6. The first kappa shape index (κ1) is 46.8. The topological polar surface area (TPSA) is 178 Å². The fourth-order valence-electron chi connectivity index (χ4n) is 9.77. The van der Waals surface area contributed by atoms with E-state index in [0.717, 1.165) is 10.5 Å². The maximum absolute atomic E-state index is 14.5. The highest BCUT2D eigenvalue weighted by Crippen LogP contribution is 2.38. The molecule has 0 aromatic heterocycles. The van der Waals surface area contributed by atoms with Crippen molar-refractivity contribution in [3.63, 3.8) is 0 Å². The van der Waals surface area contributed by atoms with E-state index in [9.17, 15) is 34.5 Å². The summed E-state index contributed by atoms with van der Waals surface area (Å²) in [6.07, 6.45) is 4.94. The van der Waals surface area contributed by atoms with Crippen LogP contribution in [0.5, 0.6) is 0 Å². The van der Waals surface area contributed by atoms with Crippen LogP contribution in [0.3, 0.4) is 0 Å². The van der Waals surface area contributed by atoms with Crippen LogP contribution in [-0.4, -0.2) is 126 Å². The number of aliphatic hydroxyl groups excluding tert-OH is 2. The van der Waals surface area contributed by atoms with Gasteiger partial charge in [0.15, 0.2) is 0 Å². The zero-order chi connectivity index (χ0) is 52.5. The second-order valence-corrected chi connectivity index (χ2v) is 19.1. The predicted molar refractivity (Wildman–Crippen MR) is 249 cm³/mol. The summed E-state index contributed by atoms with van der Waals surface area (Å²) in [5, 5.41) is 34.3. The number of carbonyl (C=O) groups excluding carboxylic acids is 4. The third-order valence-electron chi connectivity index (χ3n) is 14.1. The molecule has 65 heavy (non-hydrogen) atoms. The molecular weight excluding hydrogens is 831 g/mol. The Balaban J connectivity index is 1.80. The van der Waals surface area contributed by atoms with E-state index in [1.165, 1.54) is 41.3 Å². The first-order chi connectivity index (χ1) is 32.7. The Morgan fingerprint density at radius 3 is 2.37 bits per heavy atom. The fourth-order valence-corrected chi connectivity index (χ4v) is 9.77. The minimum Gasteiger partial charge on any atom is -0.460 e. The van der Waals surface area contributed by atoms with E-state index in [1.807, 2.05) is 51.2 Å². The minimum absolute atomic E-state index is 0.0208. The van der Waals surface area contributed by atoms with Crippen molar-refractivity contribution < 1.29 is 65.0 Å². The number of piperidine rings is 1. The number of aliphatic hydroxyl groups is 3. The molecule has 13 heteroatoms. The zero-order valence-electron chi connectivity index (χ0n) is 45.2. The maximum atomic E-state index is 14.5. The van der Waals surface area contributed by atoms with Crippen molar-refractivity contribution in [2.75, 3.05) is 27.9 Å². The number of hydrogen-bond acceptors (Lipinski definition) is 12. The molecule has 1 amide bonds. The molecule has 3 heterocycles. The summed E-state index contributed by atoms with van der Waals surface area (Å²) in [4.78, 5) is 58.8. The number of cyclic esters (lactones) is 1. The van der Waals surface area contributed by atoms with E-state index in [4.69, 9.17) is 30.5 Å². The van der Waals surface area contributed by atoms with E-state index < -0.39 is 115 Å². The molecule has 0 spiro atoms. The molecule has 1 saturated carbocycles. The van der Waals surface area contributed by atoms with Crippen molar-refractivity contribution in [3.05, 3.63) is 59.8 Å². The zero-order valence-corrected chi connectivity index (χ0v) is 40.2. The monoisotopic (exact) mass is 917 g/mol. The molecule has 0 aromatic rings. The maximum Gasteiger partial charge on any atom is 0.329 e. The summed E-state index contributed by atoms with van der Waals surface area (Å²) >= 11 is 0. The Bertz CT molecular complexity index is 1950. The van der Waals surface area contributed by atoms with Gasteiger partial charge in [0, 0.05) is 59.4 Å². The Hall–Kier alpha value is -3.30. The number of ketones is 2.